The first-order valence-corrected chi connectivity index (χ1v) is 21.0. The van der Waals surface area contributed by atoms with Crippen LogP contribution in [0.3, 0.4) is 0 Å². The number of thiophene rings is 1. The second-order valence-corrected chi connectivity index (χ2v) is 17.7. The number of fused-ring (bicyclic) bond motifs is 8. The molecule has 1 aromatic heterocycles. The molecule has 1 atom stereocenters. The molecule has 0 N–H and O–H groups in total. The fourth-order valence-corrected chi connectivity index (χ4v) is 10.9. The average Bonchev–Trinajstić information content (AvgIpc) is 3.76. The van der Waals surface area contributed by atoms with Crippen LogP contribution in [0, 0.1) is 0 Å². The SMILES string of the molecule is CCC1(C)c2ccccc2-c2cc3c(cc21)N(c1ccc(-c2ccccc2)cc1)c1ccc(-c2cccc(-c4ccc5sc6ccccc6c5c4)c2)cc1C3(C)C. The molecule has 0 spiro atoms. The summed E-state index contributed by atoms with van der Waals surface area (Å²) in [6.07, 6.45) is 1.04. The Morgan fingerprint density at radius 3 is 1.84 bits per heavy atom. The van der Waals surface area contributed by atoms with Crippen LogP contribution >= 0.6 is 11.3 Å². The van der Waals surface area contributed by atoms with Gasteiger partial charge in [-0.1, -0.05) is 143 Å². The predicted molar refractivity (Wildman–Crippen MR) is 245 cm³/mol. The number of benzene rings is 8. The van der Waals surface area contributed by atoms with E-state index in [9.17, 15) is 0 Å². The smallest absolute Gasteiger partial charge is 0.0506 e. The Balaban J connectivity index is 1.07. The molecule has 2 heterocycles. The Labute approximate surface area is 339 Å². The van der Waals surface area contributed by atoms with Crippen LogP contribution in [0.1, 0.15) is 56.4 Å². The molecular weight excluding hydrogens is 707 g/mol. The van der Waals surface area contributed by atoms with Gasteiger partial charge in [-0.2, -0.15) is 0 Å². The summed E-state index contributed by atoms with van der Waals surface area (Å²) in [5.41, 5.74) is 19.1. The molecular formula is C55H43NS. The summed E-state index contributed by atoms with van der Waals surface area (Å²) in [7, 11) is 0. The highest BCUT2D eigenvalue weighted by Crippen LogP contribution is 2.58. The van der Waals surface area contributed by atoms with Gasteiger partial charge in [0.05, 0.1) is 11.4 Å². The van der Waals surface area contributed by atoms with Crippen LogP contribution in [0.25, 0.3) is 64.7 Å². The minimum Gasteiger partial charge on any atom is -0.310 e. The van der Waals surface area contributed by atoms with Crippen molar-refractivity contribution >= 4 is 48.6 Å². The molecule has 1 unspecified atom stereocenters. The Hall–Kier alpha value is -6.22. The van der Waals surface area contributed by atoms with Crippen LogP contribution in [0.4, 0.5) is 17.1 Å². The summed E-state index contributed by atoms with van der Waals surface area (Å²) in [4.78, 5) is 2.53. The molecule has 8 aromatic carbocycles. The molecule has 1 nitrogen and oxygen atoms in total. The van der Waals surface area contributed by atoms with Crippen LogP contribution in [-0.2, 0) is 10.8 Å². The molecule has 1 aliphatic carbocycles. The average molecular weight is 750 g/mol. The van der Waals surface area contributed by atoms with Crippen LogP contribution in [0.5, 0.6) is 0 Å². The first-order chi connectivity index (χ1) is 27.8. The standard InChI is InChI=1S/C55H43NS/c1-5-55(4)46-20-11-9-18-42(46)44-33-49-51(34-47(44)55)56(41-26-22-36(23-27-41)35-14-7-6-8-15-35)50-28-24-40(32-48(50)54(49,2)3)38-17-13-16-37(30-38)39-25-29-53-45(31-39)43-19-10-12-21-52(43)57-53/h6-34H,5H2,1-4H3. The first kappa shape index (κ1) is 34.1. The van der Waals surface area contributed by atoms with Gasteiger partial charge in [-0.15, -0.1) is 11.3 Å². The molecule has 9 aromatic rings. The summed E-state index contributed by atoms with van der Waals surface area (Å²) in [6, 6.07) is 66.0. The minimum atomic E-state index is -0.251. The molecule has 274 valence electrons. The van der Waals surface area contributed by atoms with Crippen LogP contribution in [0.15, 0.2) is 176 Å². The number of nitrogens with zero attached hydrogens (tertiary/aromatic N) is 1. The van der Waals surface area contributed by atoms with Crippen molar-refractivity contribution in [1.82, 2.24) is 0 Å². The highest BCUT2D eigenvalue weighted by molar-refractivity contribution is 7.25. The lowest BCUT2D eigenvalue weighted by Crippen LogP contribution is -2.31. The minimum absolute atomic E-state index is 0.0514. The molecule has 57 heavy (non-hydrogen) atoms. The summed E-state index contributed by atoms with van der Waals surface area (Å²) < 4.78 is 2.67. The van der Waals surface area contributed by atoms with Gasteiger partial charge in [0.1, 0.15) is 0 Å². The third kappa shape index (κ3) is 5.13. The molecule has 0 bridgehead atoms. The maximum atomic E-state index is 2.54. The summed E-state index contributed by atoms with van der Waals surface area (Å²) in [5, 5.41) is 2.67. The zero-order valence-corrected chi connectivity index (χ0v) is 33.6. The van der Waals surface area contributed by atoms with Gasteiger partial charge in [-0.05, 0) is 134 Å². The Morgan fingerprint density at radius 1 is 0.421 bits per heavy atom. The summed E-state index contributed by atoms with van der Waals surface area (Å²) >= 11 is 1.87. The molecule has 2 heteroatoms. The highest BCUT2D eigenvalue weighted by Gasteiger charge is 2.43. The zero-order valence-electron chi connectivity index (χ0n) is 32.8. The van der Waals surface area contributed by atoms with Crippen molar-refractivity contribution in [1.29, 1.82) is 0 Å². The van der Waals surface area contributed by atoms with Crippen molar-refractivity contribution < 1.29 is 0 Å². The molecule has 0 saturated carbocycles. The number of anilines is 3. The van der Waals surface area contributed by atoms with Crippen LogP contribution in [0.2, 0.25) is 0 Å². The number of hydrogen-bond acceptors (Lipinski definition) is 2. The fraction of sp³-hybridized carbons (Fsp3) is 0.127. The van der Waals surface area contributed by atoms with E-state index in [2.05, 4.69) is 209 Å². The van der Waals surface area contributed by atoms with E-state index in [1.165, 1.54) is 104 Å². The topological polar surface area (TPSA) is 3.24 Å². The van der Waals surface area contributed by atoms with Crippen molar-refractivity contribution in [2.45, 2.75) is 44.9 Å². The Bertz CT molecular complexity index is 3040. The summed E-state index contributed by atoms with van der Waals surface area (Å²) in [5.74, 6) is 0. The van der Waals surface area contributed by atoms with Gasteiger partial charge in [0.2, 0.25) is 0 Å². The van der Waals surface area contributed by atoms with Gasteiger partial charge < -0.3 is 4.90 Å². The van der Waals surface area contributed by atoms with Crippen LogP contribution < -0.4 is 4.90 Å². The third-order valence-electron chi connectivity index (χ3n) is 13.2. The predicted octanol–water partition coefficient (Wildman–Crippen LogP) is 15.9. The van der Waals surface area contributed by atoms with E-state index in [-0.39, 0.29) is 10.8 Å². The van der Waals surface area contributed by atoms with E-state index in [0.29, 0.717) is 0 Å². The highest BCUT2D eigenvalue weighted by atomic mass is 32.1. The van der Waals surface area contributed by atoms with Gasteiger partial charge >= 0.3 is 0 Å². The maximum Gasteiger partial charge on any atom is 0.0506 e. The second-order valence-electron chi connectivity index (χ2n) is 16.6. The lowest BCUT2D eigenvalue weighted by atomic mass is 9.70. The quantitative estimate of drug-likeness (QED) is 0.169. The fourth-order valence-electron chi connectivity index (χ4n) is 9.86. The van der Waals surface area contributed by atoms with E-state index >= 15 is 0 Å². The van der Waals surface area contributed by atoms with E-state index in [4.69, 9.17) is 0 Å². The zero-order chi connectivity index (χ0) is 38.5. The normalized spacial score (nSPS) is 16.3. The van der Waals surface area contributed by atoms with Crippen molar-refractivity contribution in [3.63, 3.8) is 0 Å². The molecule has 1 aliphatic heterocycles. The largest absolute Gasteiger partial charge is 0.310 e. The van der Waals surface area contributed by atoms with Crippen molar-refractivity contribution in [2.24, 2.45) is 0 Å². The lowest BCUT2D eigenvalue weighted by Gasteiger charge is -2.43. The van der Waals surface area contributed by atoms with Crippen molar-refractivity contribution in [3.8, 4) is 44.5 Å². The van der Waals surface area contributed by atoms with E-state index < -0.39 is 0 Å². The van der Waals surface area contributed by atoms with Crippen molar-refractivity contribution in [2.75, 3.05) is 4.90 Å². The van der Waals surface area contributed by atoms with Gasteiger partial charge in [0.15, 0.2) is 0 Å². The van der Waals surface area contributed by atoms with Gasteiger partial charge in [0.25, 0.3) is 0 Å². The third-order valence-corrected chi connectivity index (χ3v) is 14.4. The molecule has 0 saturated heterocycles. The summed E-state index contributed by atoms with van der Waals surface area (Å²) in [6.45, 7) is 9.62. The Kier molecular flexibility index (Phi) is 7.56. The maximum absolute atomic E-state index is 2.54. The van der Waals surface area contributed by atoms with Crippen LogP contribution in [-0.4, -0.2) is 0 Å². The van der Waals surface area contributed by atoms with E-state index in [1.54, 1.807) is 0 Å². The van der Waals surface area contributed by atoms with Crippen molar-refractivity contribution in [3.05, 3.63) is 198 Å². The van der Waals surface area contributed by atoms with E-state index in [0.717, 1.165) is 6.42 Å². The lowest BCUT2D eigenvalue weighted by molar-refractivity contribution is 0.563. The van der Waals surface area contributed by atoms with E-state index in [1.807, 2.05) is 11.3 Å². The molecule has 0 fully saturated rings. The molecule has 0 amide bonds. The second kappa shape index (κ2) is 12.6. The van der Waals surface area contributed by atoms with Gasteiger partial charge in [-0.3, -0.25) is 0 Å². The Morgan fingerprint density at radius 2 is 1.04 bits per heavy atom. The molecule has 2 aliphatic rings. The van der Waals surface area contributed by atoms with Gasteiger partial charge in [-0.25, -0.2) is 0 Å². The number of hydrogen-bond donors (Lipinski definition) is 0. The first-order valence-electron chi connectivity index (χ1n) is 20.2. The molecule has 0 radical (unpaired) electrons. The molecule has 11 rings (SSSR count). The monoisotopic (exact) mass is 749 g/mol. The van der Waals surface area contributed by atoms with Gasteiger partial charge in [0, 0.05) is 36.7 Å². The number of rotatable bonds is 5.